The zero-order valence-electron chi connectivity index (χ0n) is 17.9. The van der Waals surface area contributed by atoms with Crippen molar-refractivity contribution >= 4 is 11.7 Å². The topological polar surface area (TPSA) is 90.5 Å². The molecule has 8 nitrogen and oxygen atoms in total. The molecule has 1 amide bonds. The highest BCUT2D eigenvalue weighted by molar-refractivity contribution is 6.00. The minimum Gasteiger partial charge on any atom is -0.302 e. The Morgan fingerprint density at radius 1 is 1.06 bits per heavy atom. The Kier molecular flexibility index (Phi) is 5.88. The molecular weight excluding hydrogens is 390 g/mol. The lowest BCUT2D eigenvalue weighted by atomic mass is 10.0. The minimum absolute atomic E-state index is 0.113. The van der Waals surface area contributed by atoms with Crippen LogP contribution < -0.4 is 5.32 Å². The molecule has 0 aliphatic rings. The Labute approximate surface area is 181 Å². The van der Waals surface area contributed by atoms with Crippen LogP contribution in [-0.2, 0) is 13.0 Å². The molecule has 0 saturated carbocycles. The molecule has 0 fully saturated rings. The third kappa shape index (κ3) is 4.69. The summed E-state index contributed by atoms with van der Waals surface area (Å²) in [6.45, 7) is 6.81. The Morgan fingerprint density at radius 2 is 1.84 bits per heavy atom. The van der Waals surface area contributed by atoms with Gasteiger partial charge in [0.15, 0.2) is 5.82 Å². The van der Waals surface area contributed by atoms with E-state index < -0.39 is 0 Å². The van der Waals surface area contributed by atoms with Gasteiger partial charge in [-0.25, -0.2) is 9.67 Å². The van der Waals surface area contributed by atoms with E-state index in [1.54, 1.807) is 27.8 Å². The number of amides is 1. The number of benzene rings is 1. The van der Waals surface area contributed by atoms with Gasteiger partial charge in [0.05, 0.1) is 5.69 Å². The Hall–Kier alpha value is -3.81. The first-order chi connectivity index (χ1) is 15.0. The molecule has 0 saturated heterocycles. The van der Waals surface area contributed by atoms with Crippen LogP contribution in [0, 0.1) is 6.92 Å². The van der Waals surface area contributed by atoms with E-state index >= 15 is 0 Å². The molecule has 4 aromatic rings. The molecule has 0 aliphatic carbocycles. The van der Waals surface area contributed by atoms with Crippen molar-refractivity contribution in [1.29, 1.82) is 0 Å². The van der Waals surface area contributed by atoms with E-state index in [0.29, 0.717) is 24.1 Å². The largest absolute Gasteiger partial charge is 0.302 e. The van der Waals surface area contributed by atoms with E-state index in [1.807, 2.05) is 43.5 Å². The number of para-hydroxylation sites is 1. The summed E-state index contributed by atoms with van der Waals surface area (Å²) in [5.41, 5.74) is 3.26. The number of anilines is 1. The van der Waals surface area contributed by atoms with E-state index in [9.17, 15) is 4.79 Å². The second kappa shape index (κ2) is 8.91. The van der Waals surface area contributed by atoms with E-state index in [-0.39, 0.29) is 11.7 Å². The molecule has 0 atom stereocenters. The van der Waals surface area contributed by atoms with Gasteiger partial charge in [0.1, 0.15) is 5.82 Å². The molecule has 0 aliphatic heterocycles. The molecule has 8 heteroatoms. The van der Waals surface area contributed by atoms with Gasteiger partial charge in [-0.15, -0.1) is 5.10 Å². The van der Waals surface area contributed by atoms with Crippen molar-refractivity contribution in [1.82, 2.24) is 29.5 Å². The number of hydrogen-bond acceptors (Lipinski definition) is 5. The predicted molar refractivity (Wildman–Crippen MR) is 118 cm³/mol. The summed E-state index contributed by atoms with van der Waals surface area (Å²) in [7, 11) is 0. The molecule has 0 unspecified atom stereocenters. The van der Waals surface area contributed by atoms with Crippen molar-refractivity contribution in [3.8, 4) is 5.69 Å². The van der Waals surface area contributed by atoms with Crippen LogP contribution in [0.3, 0.4) is 0 Å². The van der Waals surface area contributed by atoms with Crippen molar-refractivity contribution in [2.24, 2.45) is 0 Å². The molecule has 0 spiro atoms. The molecule has 3 heterocycles. The highest BCUT2D eigenvalue weighted by Crippen LogP contribution is 2.23. The van der Waals surface area contributed by atoms with Gasteiger partial charge in [-0.3, -0.25) is 14.5 Å². The maximum atomic E-state index is 12.7. The number of nitrogens with zero attached hydrogens (tertiary/aromatic N) is 6. The summed E-state index contributed by atoms with van der Waals surface area (Å²) in [5, 5.41) is 11.7. The van der Waals surface area contributed by atoms with Crippen LogP contribution in [0.4, 0.5) is 5.82 Å². The van der Waals surface area contributed by atoms with Crippen molar-refractivity contribution in [3.63, 3.8) is 0 Å². The van der Waals surface area contributed by atoms with E-state index in [2.05, 4.69) is 45.4 Å². The molecular formula is C23H25N7O. The maximum Gasteiger partial charge on any atom is 0.296 e. The van der Waals surface area contributed by atoms with Gasteiger partial charge in [0.2, 0.25) is 5.82 Å². The molecule has 3 aromatic heterocycles. The summed E-state index contributed by atoms with van der Waals surface area (Å²) in [4.78, 5) is 21.1. The fourth-order valence-corrected chi connectivity index (χ4v) is 3.40. The van der Waals surface area contributed by atoms with Crippen LogP contribution >= 0.6 is 0 Å². The molecule has 0 radical (unpaired) electrons. The number of aromatic nitrogens is 6. The standard InChI is InChI=1S/C23H25N7O/c1-16(2)19-6-4-5-7-20(19)30-17(3)25-22(28-30)23(31)26-21-11-15-29(27-21)14-10-18-8-12-24-13-9-18/h4-9,11-13,15-16H,10,14H2,1-3H3,(H,26,27,31). The van der Waals surface area contributed by atoms with E-state index in [4.69, 9.17) is 0 Å². The predicted octanol–water partition coefficient (Wildman–Crippen LogP) is 3.79. The SMILES string of the molecule is Cc1nc(C(=O)Nc2ccn(CCc3ccncc3)n2)nn1-c1ccccc1C(C)C. The van der Waals surface area contributed by atoms with Gasteiger partial charge in [0.25, 0.3) is 5.91 Å². The lowest BCUT2D eigenvalue weighted by molar-refractivity contribution is 0.101. The number of carbonyl (C=O) groups is 1. The summed E-state index contributed by atoms with van der Waals surface area (Å²) in [6, 6.07) is 13.7. The van der Waals surface area contributed by atoms with Crippen LogP contribution in [-0.4, -0.2) is 35.4 Å². The van der Waals surface area contributed by atoms with Gasteiger partial charge >= 0.3 is 0 Å². The maximum absolute atomic E-state index is 12.7. The second-order valence-electron chi connectivity index (χ2n) is 7.63. The normalized spacial score (nSPS) is 11.1. The minimum atomic E-state index is -0.386. The van der Waals surface area contributed by atoms with Gasteiger partial charge in [0, 0.05) is 31.2 Å². The molecule has 0 bridgehead atoms. The van der Waals surface area contributed by atoms with Gasteiger partial charge in [-0.2, -0.15) is 5.10 Å². The number of carbonyl (C=O) groups excluding carboxylic acids is 1. The highest BCUT2D eigenvalue weighted by Gasteiger charge is 2.18. The lowest BCUT2D eigenvalue weighted by Crippen LogP contribution is -2.15. The molecule has 4 rings (SSSR count). The smallest absolute Gasteiger partial charge is 0.296 e. The number of hydrogen-bond donors (Lipinski definition) is 1. The Morgan fingerprint density at radius 3 is 2.61 bits per heavy atom. The second-order valence-corrected chi connectivity index (χ2v) is 7.63. The number of pyridine rings is 1. The first kappa shape index (κ1) is 20.5. The van der Waals surface area contributed by atoms with Crippen molar-refractivity contribution < 1.29 is 4.79 Å². The van der Waals surface area contributed by atoms with Gasteiger partial charge < -0.3 is 5.32 Å². The fourth-order valence-electron chi connectivity index (χ4n) is 3.40. The van der Waals surface area contributed by atoms with Crippen LogP contribution in [0.5, 0.6) is 0 Å². The van der Waals surface area contributed by atoms with Crippen LogP contribution in [0.25, 0.3) is 5.69 Å². The van der Waals surface area contributed by atoms with Crippen molar-refractivity contribution in [3.05, 3.63) is 83.8 Å². The highest BCUT2D eigenvalue weighted by atomic mass is 16.2. The number of rotatable bonds is 7. The lowest BCUT2D eigenvalue weighted by Gasteiger charge is -2.12. The van der Waals surface area contributed by atoms with Gasteiger partial charge in [-0.1, -0.05) is 32.0 Å². The van der Waals surface area contributed by atoms with Crippen molar-refractivity contribution in [2.75, 3.05) is 5.32 Å². The van der Waals surface area contributed by atoms with Gasteiger partial charge in [-0.05, 0) is 48.6 Å². The van der Waals surface area contributed by atoms with Crippen LogP contribution in [0.1, 0.15) is 47.3 Å². The average Bonchev–Trinajstić information content (AvgIpc) is 3.39. The zero-order valence-corrected chi connectivity index (χ0v) is 17.9. The third-order valence-corrected chi connectivity index (χ3v) is 5.02. The van der Waals surface area contributed by atoms with Crippen LogP contribution in [0.15, 0.2) is 61.1 Å². The number of nitrogens with one attached hydrogen (secondary N) is 1. The zero-order chi connectivity index (χ0) is 21.8. The van der Waals surface area contributed by atoms with Crippen molar-refractivity contribution in [2.45, 2.75) is 39.7 Å². The fraction of sp³-hybridized carbons (Fsp3) is 0.261. The number of aryl methyl sites for hydroxylation is 3. The van der Waals surface area contributed by atoms with E-state index in [0.717, 1.165) is 17.7 Å². The molecule has 1 aromatic carbocycles. The quantitative estimate of drug-likeness (QED) is 0.496. The monoisotopic (exact) mass is 415 g/mol. The molecule has 1 N–H and O–H groups in total. The Bertz CT molecular complexity index is 1180. The summed E-state index contributed by atoms with van der Waals surface area (Å²) < 4.78 is 3.52. The molecule has 31 heavy (non-hydrogen) atoms. The summed E-state index contributed by atoms with van der Waals surface area (Å²) in [5.74, 6) is 1.18. The first-order valence-corrected chi connectivity index (χ1v) is 10.3. The Balaban J connectivity index is 1.45. The average molecular weight is 416 g/mol. The first-order valence-electron chi connectivity index (χ1n) is 10.3. The van der Waals surface area contributed by atoms with E-state index in [1.165, 1.54) is 5.56 Å². The molecule has 158 valence electrons. The summed E-state index contributed by atoms with van der Waals surface area (Å²) in [6.07, 6.45) is 6.22. The van der Waals surface area contributed by atoms with Crippen LogP contribution in [0.2, 0.25) is 0 Å². The third-order valence-electron chi connectivity index (χ3n) is 5.02. The summed E-state index contributed by atoms with van der Waals surface area (Å²) >= 11 is 0.